The van der Waals surface area contributed by atoms with Crippen molar-refractivity contribution in [1.82, 2.24) is 0 Å². The van der Waals surface area contributed by atoms with Gasteiger partial charge in [0, 0.05) is 47.4 Å². The smallest absolute Gasteiger partial charge is 0.806 e. The third-order valence-corrected chi connectivity index (χ3v) is 7.56. The van der Waals surface area contributed by atoms with Crippen LogP contribution in [0.25, 0.3) is 0 Å². The summed E-state index contributed by atoms with van der Waals surface area (Å²) in [6.45, 7) is 0. The number of rotatable bonds is 7. The number of halogens is 3. The van der Waals surface area contributed by atoms with Crippen LogP contribution in [0.3, 0.4) is 0 Å². The summed E-state index contributed by atoms with van der Waals surface area (Å²) >= 11 is 4.39. The van der Waals surface area contributed by atoms with Gasteiger partial charge in [-0.25, -0.2) is 8.42 Å². The second-order valence-corrected chi connectivity index (χ2v) is 11.8. The molecule has 0 saturated heterocycles. The van der Waals surface area contributed by atoms with E-state index in [1.54, 1.807) is 12.1 Å². The number of thioether (sulfide) groups is 1. The minimum Gasteiger partial charge on any atom is -0.806 e. The van der Waals surface area contributed by atoms with Crippen molar-refractivity contribution in [2.45, 2.75) is 22.7 Å². The molecule has 0 aromatic heterocycles. The van der Waals surface area contributed by atoms with E-state index in [2.05, 4.69) is 27.8 Å². The standard InChI is InChI=1S/C19H18BrF2O5PS2.2Na/c1-30(26,27)16-7-4-6-14(11-16)5-2-3-10-29-13-15-8-9-17(18(20)12-15)19(21,22)28(23,24)25;;/h4,6-9,11-12H,3,10,13H2,1H3,(H2,23,24,25);;/q;2*+1/p-2. The van der Waals surface area contributed by atoms with Crippen LogP contribution in [-0.2, 0) is 25.8 Å². The molecule has 2 aromatic rings. The fraction of sp³-hybridized carbons (Fsp3) is 0.263. The van der Waals surface area contributed by atoms with Gasteiger partial charge in [-0.05, 0) is 29.8 Å². The molecule has 0 spiro atoms. The number of alkyl halides is 2. The first-order valence-electron chi connectivity index (χ1n) is 8.38. The Kier molecular flexibility index (Phi) is 14.1. The Morgan fingerprint density at radius 2 is 1.81 bits per heavy atom. The second kappa shape index (κ2) is 13.8. The minimum absolute atomic E-state index is 0. The van der Waals surface area contributed by atoms with Crippen LogP contribution in [0.15, 0.2) is 51.8 Å². The van der Waals surface area contributed by atoms with Gasteiger partial charge in [0.05, 0.1) is 4.90 Å². The molecule has 0 fully saturated rings. The van der Waals surface area contributed by atoms with Crippen LogP contribution in [0.5, 0.6) is 0 Å². The molecule has 0 aliphatic heterocycles. The molecule has 0 N–H and O–H groups in total. The summed E-state index contributed by atoms with van der Waals surface area (Å²) in [6.07, 6.45) is 1.66. The fourth-order valence-corrected chi connectivity index (χ4v) is 5.11. The van der Waals surface area contributed by atoms with Crippen LogP contribution >= 0.6 is 35.3 Å². The van der Waals surface area contributed by atoms with E-state index in [1.165, 1.54) is 36.0 Å². The molecular formula is C19H16BrF2Na2O5PS2. The van der Waals surface area contributed by atoms with E-state index < -0.39 is 28.7 Å². The van der Waals surface area contributed by atoms with E-state index in [1.807, 2.05) is 0 Å². The number of hydrogen-bond donors (Lipinski definition) is 0. The first-order chi connectivity index (χ1) is 13.8. The second-order valence-electron chi connectivity index (χ2n) is 6.26. The molecule has 2 rings (SSSR count). The molecule has 5 nitrogen and oxygen atoms in total. The Hall–Kier alpha value is 0.790. The first kappa shape index (κ1) is 32.8. The van der Waals surface area contributed by atoms with Gasteiger partial charge in [0.15, 0.2) is 9.84 Å². The van der Waals surface area contributed by atoms with Crippen molar-refractivity contribution in [3.8, 4) is 11.8 Å². The van der Waals surface area contributed by atoms with E-state index >= 15 is 0 Å². The van der Waals surface area contributed by atoms with Crippen molar-refractivity contribution in [3.05, 3.63) is 63.6 Å². The molecule has 0 bridgehead atoms. The summed E-state index contributed by atoms with van der Waals surface area (Å²) < 4.78 is 61.1. The largest absolute Gasteiger partial charge is 1.00 e. The quantitative estimate of drug-likeness (QED) is 0.155. The van der Waals surface area contributed by atoms with Gasteiger partial charge < -0.3 is 14.4 Å². The van der Waals surface area contributed by atoms with Gasteiger partial charge in [0.25, 0.3) is 5.66 Å². The van der Waals surface area contributed by atoms with Gasteiger partial charge in [0.2, 0.25) is 0 Å². The molecule has 0 unspecified atom stereocenters. The maximum atomic E-state index is 13.7. The number of benzene rings is 2. The average molecular weight is 583 g/mol. The van der Waals surface area contributed by atoms with Crippen molar-refractivity contribution in [3.63, 3.8) is 0 Å². The van der Waals surface area contributed by atoms with Crippen LogP contribution in [0.4, 0.5) is 8.78 Å². The molecule has 0 radical (unpaired) electrons. The Morgan fingerprint density at radius 1 is 1.16 bits per heavy atom. The molecule has 0 heterocycles. The molecule has 0 aliphatic rings. The van der Waals surface area contributed by atoms with Crippen molar-refractivity contribution >= 4 is 45.1 Å². The maximum absolute atomic E-state index is 13.7. The van der Waals surface area contributed by atoms with Gasteiger partial charge in [-0.3, -0.25) is 0 Å². The summed E-state index contributed by atoms with van der Waals surface area (Å²) in [5.41, 5.74) is -4.10. The van der Waals surface area contributed by atoms with Crippen LogP contribution in [-0.4, -0.2) is 20.4 Å². The Labute approximate surface area is 243 Å². The van der Waals surface area contributed by atoms with Crippen LogP contribution in [0.1, 0.15) is 23.1 Å². The molecular weight excluding hydrogens is 567 g/mol. The molecule has 32 heavy (non-hydrogen) atoms. The monoisotopic (exact) mass is 582 g/mol. The van der Waals surface area contributed by atoms with Crippen LogP contribution in [0.2, 0.25) is 0 Å². The topological polar surface area (TPSA) is 97.3 Å². The molecule has 0 saturated carbocycles. The summed E-state index contributed by atoms with van der Waals surface area (Å²) in [4.78, 5) is 21.8. The van der Waals surface area contributed by atoms with Gasteiger partial charge in [-0.2, -0.15) is 20.5 Å². The van der Waals surface area contributed by atoms with E-state index in [0.29, 0.717) is 29.1 Å². The van der Waals surface area contributed by atoms with Gasteiger partial charge in [0.1, 0.15) is 0 Å². The third-order valence-electron chi connectivity index (χ3n) is 3.84. The SMILES string of the molecule is CS(=O)(=O)c1cccc(C#CCCSCc2ccc(C(F)(F)P(=O)([O-])[O-])c(Br)c2)c1.[Na+].[Na+]. The molecule has 162 valence electrons. The van der Waals surface area contributed by atoms with Crippen molar-refractivity contribution < 1.29 is 90.7 Å². The fourth-order valence-electron chi connectivity index (χ4n) is 2.32. The molecule has 0 aliphatic carbocycles. The zero-order valence-electron chi connectivity index (χ0n) is 17.6. The Bertz CT molecular complexity index is 1150. The zero-order chi connectivity index (χ0) is 22.6. The van der Waals surface area contributed by atoms with E-state index in [9.17, 15) is 31.6 Å². The van der Waals surface area contributed by atoms with Gasteiger partial charge >= 0.3 is 59.1 Å². The zero-order valence-corrected chi connectivity index (χ0v) is 25.7. The third kappa shape index (κ3) is 9.44. The summed E-state index contributed by atoms with van der Waals surface area (Å²) in [5.74, 6) is 6.97. The first-order valence-corrected chi connectivity index (χ1v) is 13.8. The summed E-state index contributed by atoms with van der Waals surface area (Å²) in [5, 5.41) is 0. The predicted molar refractivity (Wildman–Crippen MR) is 113 cm³/mol. The minimum atomic E-state index is -6.12. The van der Waals surface area contributed by atoms with E-state index in [4.69, 9.17) is 0 Å². The summed E-state index contributed by atoms with van der Waals surface area (Å²) in [7, 11) is -9.41. The molecule has 2 aromatic carbocycles. The van der Waals surface area contributed by atoms with Crippen LogP contribution in [0, 0.1) is 11.8 Å². The molecule has 0 atom stereocenters. The van der Waals surface area contributed by atoms with Crippen molar-refractivity contribution in [2.75, 3.05) is 12.0 Å². The van der Waals surface area contributed by atoms with Gasteiger partial charge in [-0.1, -0.05) is 46.0 Å². The van der Waals surface area contributed by atoms with Crippen LogP contribution < -0.4 is 68.9 Å². The number of sulfone groups is 1. The maximum Gasteiger partial charge on any atom is 1.00 e. The molecule has 13 heteroatoms. The predicted octanol–water partition coefficient (Wildman–Crippen LogP) is -2.50. The number of hydrogen-bond acceptors (Lipinski definition) is 6. The molecule has 0 amide bonds. The van der Waals surface area contributed by atoms with Gasteiger partial charge in [-0.15, -0.1) is 0 Å². The van der Waals surface area contributed by atoms with E-state index in [0.717, 1.165) is 12.3 Å². The van der Waals surface area contributed by atoms with E-state index in [-0.39, 0.29) is 68.5 Å². The summed E-state index contributed by atoms with van der Waals surface area (Å²) in [6, 6.07) is 9.98. The van der Waals surface area contributed by atoms with Crippen molar-refractivity contribution in [1.29, 1.82) is 0 Å². The Morgan fingerprint density at radius 3 is 2.38 bits per heavy atom. The normalized spacial score (nSPS) is 11.6. The average Bonchev–Trinajstić information content (AvgIpc) is 2.63. The van der Waals surface area contributed by atoms with Crippen molar-refractivity contribution in [2.24, 2.45) is 0 Å². The Balaban J connectivity index is 0.00000480.